The van der Waals surface area contributed by atoms with Gasteiger partial charge in [-0.2, -0.15) is 0 Å². The van der Waals surface area contributed by atoms with Crippen LogP contribution in [0.1, 0.15) is 17.8 Å². The molecule has 174 valence electrons. The quantitative estimate of drug-likeness (QED) is 0.258. The van der Waals surface area contributed by atoms with Crippen molar-refractivity contribution in [2.45, 2.75) is 19.4 Å². The van der Waals surface area contributed by atoms with E-state index in [1.807, 2.05) is 78.9 Å². The van der Waals surface area contributed by atoms with Gasteiger partial charge in [-0.1, -0.05) is 42.5 Å². The second kappa shape index (κ2) is 11.7. The first-order valence-corrected chi connectivity index (χ1v) is 11.4. The van der Waals surface area contributed by atoms with Gasteiger partial charge in [0.1, 0.15) is 17.3 Å². The van der Waals surface area contributed by atoms with E-state index in [1.54, 1.807) is 13.2 Å². The molecule has 0 radical (unpaired) electrons. The topological polar surface area (TPSA) is 65.4 Å². The average molecular weight is 456 g/mol. The number of fused-ring (bicyclic) bond motifs is 1. The van der Waals surface area contributed by atoms with Crippen molar-refractivity contribution in [3.8, 4) is 11.5 Å². The summed E-state index contributed by atoms with van der Waals surface area (Å²) in [6.45, 7) is 1.90. The van der Waals surface area contributed by atoms with Crippen molar-refractivity contribution >= 4 is 23.0 Å². The molecule has 0 atom stereocenters. The number of methoxy groups -OCH3 is 1. The molecule has 0 spiro atoms. The monoisotopic (exact) mass is 455 g/mol. The Morgan fingerprint density at radius 1 is 0.971 bits per heavy atom. The molecule has 34 heavy (non-hydrogen) atoms. The van der Waals surface area contributed by atoms with Gasteiger partial charge in [-0.15, -0.1) is 0 Å². The summed E-state index contributed by atoms with van der Waals surface area (Å²) in [4.78, 5) is 17.0. The number of nitrogens with one attached hydrogen (secondary N) is 1. The molecule has 6 heteroatoms. The van der Waals surface area contributed by atoms with Crippen LogP contribution in [0.5, 0.6) is 11.5 Å². The molecule has 1 heterocycles. The molecule has 0 aliphatic heterocycles. The van der Waals surface area contributed by atoms with Gasteiger partial charge in [0.15, 0.2) is 0 Å². The number of aryl methyl sites for hydroxylation is 1. The number of benzene rings is 3. The third kappa shape index (κ3) is 6.25. The van der Waals surface area contributed by atoms with Crippen LogP contribution in [0.2, 0.25) is 0 Å². The molecule has 1 aromatic heterocycles. The zero-order valence-corrected chi connectivity index (χ0v) is 19.3. The molecular formula is C28H29N3O3. The van der Waals surface area contributed by atoms with Crippen molar-refractivity contribution in [2.75, 3.05) is 20.3 Å². The smallest absolute Gasteiger partial charge is 0.244 e. The summed E-state index contributed by atoms with van der Waals surface area (Å²) in [6, 6.07) is 25.5. The number of aromatic nitrogens is 2. The van der Waals surface area contributed by atoms with E-state index in [-0.39, 0.29) is 5.91 Å². The molecule has 1 N–H and O–H groups in total. The highest BCUT2D eigenvalue weighted by atomic mass is 16.5. The Morgan fingerprint density at radius 2 is 1.71 bits per heavy atom. The molecule has 4 aromatic rings. The van der Waals surface area contributed by atoms with Crippen LogP contribution >= 0.6 is 0 Å². The zero-order chi connectivity index (χ0) is 23.6. The van der Waals surface area contributed by atoms with Crippen molar-refractivity contribution in [3.05, 3.63) is 96.3 Å². The largest absolute Gasteiger partial charge is 0.497 e. The molecule has 0 fully saturated rings. The molecule has 1 amide bonds. The van der Waals surface area contributed by atoms with E-state index >= 15 is 0 Å². The van der Waals surface area contributed by atoms with Crippen LogP contribution in [-0.4, -0.2) is 35.7 Å². The van der Waals surface area contributed by atoms with Gasteiger partial charge in [0.05, 0.1) is 24.8 Å². The Balaban J connectivity index is 1.32. The van der Waals surface area contributed by atoms with Crippen LogP contribution in [0.4, 0.5) is 0 Å². The highest BCUT2D eigenvalue weighted by molar-refractivity contribution is 5.91. The van der Waals surface area contributed by atoms with E-state index in [1.165, 1.54) is 0 Å². The molecular weight excluding hydrogens is 426 g/mol. The Bertz CT molecular complexity index is 1230. The number of imidazole rings is 1. The van der Waals surface area contributed by atoms with Gasteiger partial charge < -0.3 is 19.4 Å². The maximum absolute atomic E-state index is 12.2. The lowest BCUT2D eigenvalue weighted by atomic mass is 10.2. The summed E-state index contributed by atoms with van der Waals surface area (Å²) in [5.41, 5.74) is 3.05. The number of amides is 1. The lowest BCUT2D eigenvalue weighted by molar-refractivity contribution is -0.116. The van der Waals surface area contributed by atoms with Gasteiger partial charge >= 0.3 is 0 Å². The molecule has 0 aliphatic carbocycles. The predicted molar refractivity (Wildman–Crippen MR) is 135 cm³/mol. The summed E-state index contributed by atoms with van der Waals surface area (Å²) in [5, 5.41) is 2.96. The number of carbonyl (C=O) groups excluding carboxylic acids is 1. The fourth-order valence-electron chi connectivity index (χ4n) is 3.74. The third-order valence-electron chi connectivity index (χ3n) is 5.46. The summed E-state index contributed by atoms with van der Waals surface area (Å²) in [6.07, 6.45) is 4.87. The second-order valence-electron chi connectivity index (χ2n) is 7.83. The van der Waals surface area contributed by atoms with Crippen molar-refractivity contribution in [1.82, 2.24) is 14.9 Å². The summed E-state index contributed by atoms with van der Waals surface area (Å²) in [5.74, 6) is 2.48. The van der Waals surface area contributed by atoms with Crippen LogP contribution < -0.4 is 14.8 Å². The number of hydrogen-bond acceptors (Lipinski definition) is 4. The lowest BCUT2D eigenvalue weighted by Gasteiger charge is -2.11. The van der Waals surface area contributed by atoms with Crippen molar-refractivity contribution in [1.29, 1.82) is 0 Å². The van der Waals surface area contributed by atoms with Gasteiger partial charge in [-0.3, -0.25) is 4.79 Å². The van der Waals surface area contributed by atoms with Gasteiger partial charge in [-0.05, 0) is 54.5 Å². The van der Waals surface area contributed by atoms with Crippen LogP contribution in [-0.2, 0) is 17.8 Å². The minimum Gasteiger partial charge on any atom is -0.497 e. The normalized spacial score (nSPS) is 11.1. The first-order chi connectivity index (χ1) is 16.7. The summed E-state index contributed by atoms with van der Waals surface area (Å²) in [7, 11) is 1.65. The van der Waals surface area contributed by atoms with E-state index in [0.717, 1.165) is 46.9 Å². The van der Waals surface area contributed by atoms with E-state index in [2.05, 4.69) is 16.0 Å². The first-order valence-electron chi connectivity index (χ1n) is 11.4. The number of para-hydroxylation sites is 2. The molecule has 4 rings (SSSR count). The van der Waals surface area contributed by atoms with Gasteiger partial charge in [0, 0.05) is 25.6 Å². The van der Waals surface area contributed by atoms with Crippen LogP contribution in [0.3, 0.4) is 0 Å². The molecule has 0 aliphatic rings. The van der Waals surface area contributed by atoms with E-state index in [0.29, 0.717) is 19.6 Å². The zero-order valence-electron chi connectivity index (χ0n) is 19.3. The Labute approximate surface area is 199 Å². The Morgan fingerprint density at radius 3 is 2.50 bits per heavy atom. The molecule has 0 unspecified atom stereocenters. The SMILES string of the molecule is COc1ccc(OCCCn2c(CCNC(=O)/C=C/c3ccccc3)nc3ccccc32)cc1. The van der Waals surface area contributed by atoms with E-state index in [9.17, 15) is 4.79 Å². The van der Waals surface area contributed by atoms with Crippen LogP contribution in [0.25, 0.3) is 17.1 Å². The Hall–Kier alpha value is -4.06. The lowest BCUT2D eigenvalue weighted by Crippen LogP contribution is -2.24. The van der Waals surface area contributed by atoms with Gasteiger partial charge in [0.2, 0.25) is 5.91 Å². The standard InChI is InChI=1S/C28H29N3O3/c1-33-23-13-15-24(16-14-23)34-21-7-20-31-26-11-6-5-10-25(26)30-27(31)18-19-29-28(32)17-12-22-8-3-2-4-9-22/h2-6,8-17H,7,18-21H2,1H3,(H,29,32)/b17-12+. The van der Waals surface area contributed by atoms with E-state index < -0.39 is 0 Å². The molecule has 3 aromatic carbocycles. The Kier molecular flexibility index (Phi) is 7.95. The molecule has 0 saturated carbocycles. The first kappa shape index (κ1) is 23.1. The van der Waals surface area contributed by atoms with Crippen molar-refractivity contribution in [3.63, 3.8) is 0 Å². The van der Waals surface area contributed by atoms with Crippen LogP contribution in [0.15, 0.2) is 84.9 Å². The number of rotatable bonds is 11. The number of ether oxygens (including phenoxy) is 2. The summed E-state index contributed by atoms with van der Waals surface area (Å²) < 4.78 is 13.3. The van der Waals surface area contributed by atoms with Crippen LogP contribution in [0, 0.1) is 0 Å². The maximum atomic E-state index is 12.2. The predicted octanol–water partition coefficient (Wildman–Crippen LogP) is 4.89. The summed E-state index contributed by atoms with van der Waals surface area (Å²) >= 11 is 0. The van der Waals surface area contributed by atoms with Gasteiger partial charge in [0.25, 0.3) is 0 Å². The number of nitrogens with zero attached hydrogens (tertiary/aromatic N) is 2. The molecule has 6 nitrogen and oxygen atoms in total. The average Bonchev–Trinajstić information content (AvgIpc) is 3.23. The van der Waals surface area contributed by atoms with Gasteiger partial charge in [-0.25, -0.2) is 4.98 Å². The highest BCUT2D eigenvalue weighted by Crippen LogP contribution is 2.19. The molecule has 0 saturated heterocycles. The number of hydrogen-bond donors (Lipinski definition) is 1. The fourth-order valence-corrected chi connectivity index (χ4v) is 3.74. The van der Waals surface area contributed by atoms with Crippen molar-refractivity contribution in [2.24, 2.45) is 0 Å². The molecule has 0 bridgehead atoms. The fraction of sp³-hybridized carbons (Fsp3) is 0.214. The van der Waals surface area contributed by atoms with E-state index in [4.69, 9.17) is 14.5 Å². The van der Waals surface area contributed by atoms with Crippen molar-refractivity contribution < 1.29 is 14.3 Å². The maximum Gasteiger partial charge on any atom is 0.244 e. The highest BCUT2D eigenvalue weighted by Gasteiger charge is 2.10. The second-order valence-corrected chi connectivity index (χ2v) is 7.83. The minimum absolute atomic E-state index is 0.112. The third-order valence-corrected chi connectivity index (χ3v) is 5.46. The minimum atomic E-state index is -0.112. The number of carbonyl (C=O) groups is 1.